The topological polar surface area (TPSA) is 19.6 Å². The van der Waals surface area contributed by atoms with Crippen molar-refractivity contribution in [2.75, 3.05) is 9.80 Å². The summed E-state index contributed by atoms with van der Waals surface area (Å²) in [6, 6.07) is 73.9. The van der Waals surface area contributed by atoms with Gasteiger partial charge in [0.1, 0.15) is 0 Å². The monoisotopic (exact) mass is 782 g/mol. The van der Waals surface area contributed by atoms with E-state index in [1.807, 2.05) is 0 Å². The van der Waals surface area contributed by atoms with Crippen molar-refractivity contribution in [1.82, 2.24) is 0 Å². The van der Waals surface area contributed by atoms with Crippen LogP contribution in [-0.4, -0.2) is 13.3 Å². The van der Waals surface area contributed by atoms with Gasteiger partial charge in [0.05, 0.1) is 0 Å². The Labute approximate surface area is 331 Å². The molecule has 0 saturated heterocycles. The van der Waals surface area contributed by atoms with Crippen molar-refractivity contribution in [1.29, 1.82) is 0 Å². The first-order valence-electron chi connectivity index (χ1n) is 19.3. The van der Waals surface area contributed by atoms with Gasteiger partial charge in [-0.1, -0.05) is 24.3 Å². The number of anilines is 6. The Morgan fingerprint density at radius 1 is 0.375 bits per heavy atom. The summed E-state index contributed by atoms with van der Waals surface area (Å²) in [6.07, 6.45) is 0. The van der Waals surface area contributed by atoms with Gasteiger partial charge in [-0.05, 0) is 0 Å². The van der Waals surface area contributed by atoms with E-state index in [2.05, 4.69) is 228 Å². The normalized spacial score (nSPS) is 12.6. The zero-order valence-corrected chi connectivity index (χ0v) is 33.5. The number of hydrogen-bond acceptors (Lipinski definition) is 3. The fourth-order valence-electron chi connectivity index (χ4n) is 8.49. The van der Waals surface area contributed by atoms with Crippen molar-refractivity contribution >= 4 is 67.2 Å². The minimum atomic E-state index is -2.69. The molecule has 0 amide bonds. The van der Waals surface area contributed by atoms with Crippen LogP contribution in [0.15, 0.2) is 211 Å². The summed E-state index contributed by atoms with van der Waals surface area (Å²) in [7, 11) is 0. The second-order valence-corrected chi connectivity index (χ2v) is 24.0. The first-order valence-corrected chi connectivity index (χ1v) is 25.6. The second kappa shape index (κ2) is 13.9. The Kier molecular flexibility index (Phi) is 8.46. The van der Waals surface area contributed by atoms with E-state index >= 15 is 0 Å². The van der Waals surface area contributed by atoms with Gasteiger partial charge in [0.25, 0.3) is 0 Å². The van der Waals surface area contributed by atoms with Crippen molar-refractivity contribution < 1.29 is 4.42 Å². The number of fused-ring (bicyclic) bond motifs is 5. The van der Waals surface area contributed by atoms with Gasteiger partial charge in [-0.15, -0.1) is 0 Å². The Bertz CT molecular complexity index is 2720. The van der Waals surface area contributed by atoms with Gasteiger partial charge in [0.15, 0.2) is 0 Å². The van der Waals surface area contributed by atoms with E-state index in [4.69, 9.17) is 4.42 Å². The second-order valence-electron chi connectivity index (χ2n) is 15.0. The van der Waals surface area contributed by atoms with Crippen molar-refractivity contribution in [2.24, 2.45) is 0 Å². The number of rotatable bonds is 8. The zero-order chi connectivity index (χ0) is 37.6. The molecule has 0 fully saturated rings. The average Bonchev–Trinajstić information content (AvgIpc) is 3.75. The van der Waals surface area contributed by atoms with Gasteiger partial charge in [0, 0.05) is 0 Å². The van der Waals surface area contributed by atoms with Gasteiger partial charge in [-0.3, -0.25) is 0 Å². The van der Waals surface area contributed by atoms with Crippen molar-refractivity contribution in [3.05, 3.63) is 206 Å². The Morgan fingerprint density at radius 2 is 0.750 bits per heavy atom. The molecule has 268 valence electrons. The molecule has 1 aliphatic rings. The predicted octanol–water partition coefficient (Wildman–Crippen LogP) is 13.5. The molecule has 1 aliphatic heterocycles. The molecule has 3 nitrogen and oxygen atoms in total. The van der Waals surface area contributed by atoms with Crippen LogP contribution in [0.25, 0.3) is 44.5 Å². The van der Waals surface area contributed by atoms with Crippen LogP contribution in [0, 0.1) is 0 Å². The van der Waals surface area contributed by atoms with E-state index in [1.54, 1.807) is 0 Å². The third-order valence-electron chi connectivity index (χ3n) is 11.2. The molecule has 2 heterocycles. The molecule has 0 saturated carbocycles. The maximum atomic E-state index is 6.78. The fourth-order valence-corrected chi connectivity index (χ4v) is 15.3. The van der Waals surface area contributed by atoms with Crippen LogP contribution in [-0.2, 0) is 0 Å². The summed E-state index contributed by atoms with van der Waals surface area (Å²) < 4.78 is 9.71. The summed E-state index contributed by atoms with van der Waals surface area (Å²) in [5.41, 5.74) is 13.8. The SMILES string of the molecule is [CH3][Ge]1([CH3])[c]2ccc(-c3ccc(N(c4ccccc4)c4ccccc4)cc3)cc2-c2oc3ccc(-c4ccc(N(c5ccccc5)c5ccccc5)cc4)cc3[c]21. The van der Waals surface area contributed by atoms with Crippen molar-refractivity contribution in [3.8, 4) is 33.6 Å². The fraction of sp³-hybridized carbons (Fsp3) is 0.0385. The molecular weight excluding hydrogens is 741 g/mol. The Balaban J connectivity index is 0.977. The molecule has 0 spiro atoms. The predicted molar refractivity (Wildman–Crippen MR) is 239 cm³/mol. The molecule has 0 aliphatic carbocycles. The van der Waals surface area contributed by atoms with Crippen LogP contribution in [0.4, 0.5) is 34.1 Å². The quantitative estimate of drug-likeness (QED) is 0.143. The van der Waals surface area contributed by atoms with Crippen LogP contribution in [0.3, 0.4) is 0 Å². The number of para-hydroxylation sites is 4. The van der Waals surface area contributed by atoms with E-state index in [0.717, 1.165) is 45.5 Å². The van der Waals surface area contributed by atoms with Crippen LogP contribution < -0.4 is 18.6 Å². The van der Waals surface area contributed by atoms with Gasteiger partial charge in [-0.25, -0.2) is 0 Å². The third-order valence-corrected chi connectivity index (χ3v) is 18.6. The van der Waals surface area contributed by atoms with E-state index in [0.29, 0.717) is 0 Å². The molecule has 9 aromatic rings. The van der Waals surface area contributed by atoms with Crippen LogP contribution in [0.1, 0.15) is 0 Å². The Hall–Kier alpha value is -6.56. The van der Waals surface area contributed by atoms with Crippen molar-refractivity contribution in [3.63, 3.8) is 0 Å². The molecule has 0 atom stereocenters. The van der Waals surface area contributed by atoms with E-state index in [1.165, 1.54) is 42.0 Å². The summed E-state index contributed by atoms with van der Waals surface area (Å²) >= 11 is -2.69. The first kappa shape index (κ1) is 34.0. The minimum absolute atomic E-state index is 0.968. The number of hydrogen-bond donors (Lipinski definition) is 0. The summed E-state index contributed by atoms with van der Waals surface area (Å²) in [6.45, 7) is 0. The van der Waals surface area contributed by atoms with Crippen LogP contribution in [0.2, 0.25) is 11.5 Å². The van der Waals surface area contributed by atoms with E-state index < -0.39 is 13.3 Å². The van der Waals surface area contributed by atoms with E-state index in [-0.39, 0.29) is 0 Å². The summed E-state index contributed by atoms with van der Waals surface area (Å²) in [4.78, 5) is 4.60. The third kappa shape index (κ3) is 5.92. The van der Waals surface area contributed by atoms with E-state index in [9.17, 15) is 0 Å². The van der Waals surface area contributed by atoms with Gasteiger partial charge >= 0.3 is 308 Å². The average molecular weight is 782 g/mol. The maximum absolute atomic E-state index is 6.78. The molecule has 0 bridgehead atoms. The molecule has 4 heteroatoms. The molecule has 1 aromatic heterocycles. The molecule has 10 rings (SSSR count). The molecule has 0 unspecified atom stereocenters. The summed E-state index contributed by atoms with van der Waals surface area (Å²) in [5, 5.41) is 1.26. The standard InChI is InChI=1S/C52H40GeN2O/c1-53(2)49-33-27-39(37-23-29-45(30-24-37)54(41-15-7-3-8-16-41)42-17-9-4-10-18-42)35-47(49)52-51(53)48-36-40(28-34-50(48)56-52)38-25-31-46(32-26-38)55(43-19-11-5-12-20-43)44-21-13-6-14-22-44/h3-36H,1-2H3. The molecule has 8 aromatic carbocycles. The molecular formula is C52H40GeN2O. The number of nitrogens with zero attached hydrogens (tertiary/aromatic N) is 2. The number of furan rings is 1. The summed E-state index contributed by atoms with van der Waals surface area (Å²) in [5.74, 6) is 6.09. The van der Waals surface area contributed by atoms with Crippen LogP contribution >= 0.6 is 0 Å². The van der Waals surface area contributed by atoms with Crippen molar-refractivity contribution in [2.45, 2.75) is 11.5 Å². The van der Waals surface area contributed by atoms with Gasteiger partial charge in [0.2, 0.25) is 0 Å². The first-order chi connectivity index (χ1) is 27.5. The molecule has 0 radical (unpaired) electrons. The Morgan fingerprint density at radius 3 is 1.20 bits per heavy atom. The zero-order valence-electron chi connectivity index (χ0n) is 31.4. The number of benzene rings is 8. The van der Waals surface area contributed by atoms with Gasteiger partial charge in [-0.2, -0.15) is 0 Å². The molecule has 56 heavy (non-hydrogen) atoms. The molecule has 0 N–H and O–H groups in total. The van der Waals surface area contributed by atoms with Crippen LogP contribution in [0.5, 0.6) is 0 Å². The van der Waals surface area contributed by atoms with Gasteiger partial charge < -0.3 is 0 Å².